The first-order valence-electron chi connectivity index (χ1n) is 13.1. The normalized spacial score (nSPS) is 26.9. The van der Waals surface area contributed by atoms with Crippen molar-refractivity contribution in [3.05, 3.63) is 71.6 Å². The Morgan fingerprint density at radius 1 is 1.00 bits per heavy atom. The number of rotatable bonds is 5. The molecular formula is C29H29N5O3. The van der Waals surface area contributed by atoms with Crippen LogP contribution in [-0.2, 0) is 0 Å². The number of aromatic amines is 1. The average Bonchev–Trinajstić information content (AvgIpc) is 3.32. The lowest BCUT2D eigenvalue weighted by Gasteiger charge is -2.56. The van der Waals surface area contributed by atoms with Crippen molar-refractivity contribution in [2.75, 3.05) is 5.32 Å². The number of anilines is 1. The number of nitrogens with one attached hydrogen (secondary N) is 3. The monoisotopic (exact) mass is 495 g/mol. The topological polar surface area (TPSA) is 118 Å². The Bertz CT molecular complexity index is 1460. The van der Waals surface area contributed by atoms with E-state index >= 15 is 0 Å². The van der Waals surface area contributed by atoms with Gasteiger partial charge in [0.15, 0.2) is 11.4 Å². The number of aromatic nitrogens is 3. The molecule has 4 aliphatic carbocycles. The third kappa shape index (κ3) is 3.97. The molecule has 4 aliphatic rings. The Kier molecular flexibility index (Phi) is 5.26. The number of hydrogen-bond donors (Lipinski definition) is 4. The predicted molar refractivity (Wildman–Crippen MR) is 140 cm³/mol. The summed E-state index contributed by atoms with van der Waals surface area (Å²) >= 11 is 0. The van der Waals surface area contributed by atoms with Gasteiger partial charge in [0.2, 0.25) is 0 Å². The number of nitrogens with zero attached hydrogens (tertiary/aromatic N) is 2. The molecule has 1 unspecified atom stereocenters. The van der Waals surface area contributed by atoms with Crippen molar-refractivity contribution in [3.8, 4) is 17.1 Å². The molecule has 2 aromatic carbocycles. The van der Waals surface area contributed by atoms with Gasteiger partial charge in [-0.15, -0.1) is 0 Å². The zero-order valence-electron chi connectivity index (χ0n) is 20.4. The van der Waals surface area contributed by atoms with Crippen molar-refractivity contribution in [1.29, 1.82) is 0 Å². The third-order valence-electron chi connectivity index (χ3n) is 8.72. The second kappa shape index (κ2) is 8.68. The number of H-pyrrole nitrogens is 1. The van der Waals surface area contributed by atoms with Crippen molar-refractivity contribution >= 4 is 28.4 Å². The molecule has 0 aliphatic heterocycles. The van der Waals surface area contributed by atoms with Gasteiger partial charge in [0.25, 0.3) is 5.91 Å². The van der Waals surface area contributed by atoms with Gasteiger partial charge in [0, 0.05) is 35.2 Å². The van der Waals surface area contributed by atoms with Gasteiger partial charge in [-0.1, -0.05) is 6.07 Å². The zero-order valence-corrected chi connectivity index (χ0v) is 20.4. The van der Waals surface area contributed by atoms with Gasteiger partial charge >= 0.3 is 0 Å². The van der Waals surface area contributed by atoms with Gasteiger partial charge in [-0.05, 0) is 86.4 Å². The highest BCUT2D eigenvalue weighted by atomic mass is 16.5. The van der Waals surface area contributed by atoms with Crippen LogP contribution in [0.25, 0.3) is 22.4 Å². The van der Waals surface area contributed by atoms with Crippen LogP contribution >= 0.6 is 0 Å². The van der Waals surface area contributed by atoms with Crippen molar-refractivity contribution in [3.63, 3.8) is 0 Å². The number of hydrogen-bond acceptors (Lipinski definition) is 5. The summed E-state index contributed by atoms with van der Waals surface area (Å²) in [5.41, 5.74) is 3.00. The summed E-state index contributed by atoms with van der Waals surface area (Å²) < 4.78 is 0. The Morgan fingerprint density at radius 2 is 1.78 bits per heavy atom. The van der Waals surface area contributed by atoms with Gasteiger partial charge in [0.05, 0.1) is 17.1 Å². The standard InChI is InChI=1S/C29H29N5O3/c35-25-15-18(5-7-24(25)34(37)27-20-10-16-9-17(12-20)13-21(27)11-16)28-31-22-6-4-19(14-23(22)32-28)29(36)33-26-3-1-2-8-30-26/h1-8,14-17,20-21,27,34-35H,9-13H2,(H,31,32)(H,30,33,36). The number of phenolic OH excluding ortho intramolecular Hbond substituents is 1. The van der Waals surface area contributed by atoms with Crippen LogP contribution in [0.2, 0.25) is 0 Å². The average molecular weight is 496 g/mol. The zero-order chi connectivity index (χ0) is 25.1. The smallest absolute Gasteiger partial charge is 0.256 e. The highest BCUT2D eigenvalue weighted by molar-refractivity contribution is 6.05. The minimum Gasteiger partial charge on any atom is -0.629 e. The molecule has 4 bridgehead atoms. The fourth-order valence-electron chi connectivity index (χ4n) is 7.33. The second-order valence-electron chi connectivity index (χ2n) is 11.0. The maximum atomic E-state index is 13.6. The number of carbonyl (C=O) groups is 1. The van der Waals surface area contributed by atoms with Gasteiger partial charge in [0.1, 0.15) is 11.6 Å². The maximum absolute atomic E-state index is 13.6. The number of amides is 1. The molecule has 188 valence electrons. The molecule has 1 amide bonds. The summed E-state index contributed by atoms with van der Waals surface area (Å²) in [6.45, 7) is 0. The number of hydroxylamine groups is 1. The first kappa shape index (κ1) is 22.4. The molecule has 0 radical (unpaired) electrons. The Balaban J connectivity index is 1.12. The molecule has 1 atom stereocenters. The summed E-state index contributed by atoms with van der Waals surface area (Å²) in [6, 6.07) is 15.8. The van der Waals surface area contributed by atoms with Crippen LogP contribution in [-0.4, -0.2) is 32.0 Å². The number of quaternary nitrogens is 1. The van der Waals surface area contributed by atoms with Crippen molar-refractivity contribution in [2.24, 2.45) is 23.7 Å². The van der Waals surface area contributed by atoms with Gasteiger partial charge in [-0.2, -0.15) is 0 Å². The largest absolute Gasteiger partial charge is 0.629 e. The molecule has 0 saturated heterocycles. The number of pyridine rings is 1. The molecule has 0 spiro atoms. The van der Waals surface area contributed by atoms with E-state index in [4.69, 9.17) is 0 Å². The number of aromatic hydroxyl groups is 1. The fraction of sp³-hybridized carbons (Fsp3) is 0.345. The van der Waals surface area contributed by atoms with Crippen LogP contribution in [0.4, 0.5) is 11.5 Å². The van der Waals surface area contributed by atoms with Crippen molar-refractivity contribution in [2.45, 2.75) is 38.1 Å². The summed E-state index contributed by atoms with van der Waals surface area (Å²) in [7, 11) is 0. The lowest BCUT2D eigenvalue weighted by Crippen LogP contribution is -3.09. The molecular weight excluding hydrogens is 466 g/mol. The summed E-state index contributed by atoms with van der Waals surface area (Å²) in [5, 5.41) is 27.3. The summed E-state index contributed by atoms with van der Waals surface area (Å²) in [4.78, 5) is 24.7. The number of imidazole rings is 1. The Hall–Kier alpha value is -3.75. The first-order chi connectivity index (χ1) is 18.0. The molecule has 8 heteroatoms. The molecule has 2 aromatic heterocycles. The van der Waals surface area contributed by atoms with E-state index in [2.05, 4.69) is 20.3 Å². The van der Waals surface area contributed by atoms with E-state index in [0.717, 1.165) is 11.8 Å². The predicted octanol–water partition coefficient (Wildman–Crippen LogP) is 4.42. The van der Waals surface area contributed by atoms with Crippen LogP contribution < -0.4 is 10.4 Å². The van der Waals surface area contributed by atoms with E-state index in [0.29, 0.717) is 51.3 Å². The van der Waals surface area contributed by atoms with Crippen molar-refractivity contribution in [1.82, 2.24) is 15.0 Å². The number of fused-ring (bicyclic) bond motifs is 1. The fourth-order valence-corrected chi connectivity index (χ4v) is 7.33. The quantitative estimate of drug-likeness (QED) is 0.241. The van der Waals surface area contributed by atoms with Crippen LogP contribution in [0.3, 0.4) is 0 Å². The SMILES string of the molecule is O=C(Nc1ccccn1)c1ccc2nc(-c3ccc([NH+]([O-])C4C5CC6CC(C5)CC4C6)c(O)c3)[nH]c2c1. The summed E-state index contributed by atoms with van der Waals surface area (Å²) in [5.74, 6) is 3.35. The first-order valence-corrected chi connectivity index (χ1v) is 13.1. The molecule has 4 N–H and O–H groups in total. The molecule has 8 nitrogen and oxygen atoms in total. The number of benzene rings is 2. The van der Waals surface area contributed by atoms with Crippen molar-refractivity contribution < 1.29 is 15.0 Å². The molecule has 37 heavy (non-hydrogen) atoms. The molecule has 4 fully saturated rings. The van der Waals surface area contributed by atoms with Gasteiger partial charge in [-0.25, -0.2) is 9.97 Å². The number of carbonyl (C=O) groups excluding carboxylic acids is 1. The molecule has 4 saturated carbocycles. The Morgan fingerprint density at radius 3 is 2.49 bits per heavy atom. The minimum absolute atomic E-state index is 0.00666. The molecule has 8 rings (SSSR count). The Labute approximate surface area is 214 Å². The van der Waals surface area contributed by atoms with Gasteiger partial charge in [-0.3, -0.25) is 4.79 Å². The van der Waals surface area contributed by atoms with E-state index < -0.39 is 0 Å². The van der Waals surface area contributed by atoms with E-state index in [1.807, 2.05) is 12.1 Å². The second-order valence-corrected chi connectivity index (χ2v) is 11.0. The van der Waals surface area contributed by atoms with E-state index in [-0.39, 0.29) is 22.8 Å². The minimum atomic E-state index is -0.262. The highest BCUT2D eigenvalue weighted by Crippen LogP contribution is 2.53. The van der Waals surface area contributed by atoms with E-state index in [9.17, 15) is 15.1 Å². The van der Waals surface area contributed by atoms with Gasteiger partial charge < -0.3 is 25.7 Å². The van der Waals surface area contributed by atoms with E-state index in [1.54, 1.807) is 48.7 Å². The van der Waals surface area contributed by atoms with E-state index in [1.165, 1.54) is 32.1 Å². The molecule has 2 heterocycles. The maximum Gasteiger partial charge on any atom is 0.256 e. The molecule has 4 aromatic rings. The lowest BCUT2D eigenvalue weighted by molar-refractivity contribution is -0.822. The third-order valence-corrected chi connectivity index (χ3v) is 8.72. The van der Waals surface area contributed by atoms with Crippen LogP contribution in [0.5, 0.6) is 5.75 Å². The van der Waals surface area contributed by atoms with Crippen LogP contribution in [0.1, 0.15) is 42.5 Å². The summed E-state index contributed by atoms with van der Waals surface area (Å²) in [6.07, 6.45) is 7.65. The van der Waals surface area contributed by atoms with Crippen LogP contribution in [0, 0.1) is 28.9 Å². The number of phenols is 1. The highest BCUT2D eigenvalue weighted by Gasteiger charge is 2.51. The lowest BCUT2D eigenvalue weighted by atomic mass is 9.54. The van der Waals surface area contributed by atoms with Crippen LogP contribution in [0.15, 0.2) is 60.8 Å².